The number of aliphatic hydroxyl groups excluding tert-OH is 2. The monoisotopic (exact) mass is 629 g/mol. The average Bonchev–Trinajstić information content (AvgIpc) is 3.24. The van der Waals surface area contributed by atoms with E-state index in [-0.39, 0.29) is 18.2 Å². The number of carbonyl (C=O) groups excluding carboxylic acids is 1. The zero-order chi connectivity index (χ0) is 31.9. The molecule has 0 amide bonds. The maximum Gasteiger partial charge on any atom is 0.459 e. The number of nitrogens with two attached hydrogens (primary N) is 1. The first kappa shape index (κ1) is 32.6. The van der Waals surface area contributed by atoms with Gasteiger partial charge in [0.05, 0.1) is 6.61 Å². The van der Waals surface area contributed by atoms with Gasteiger partial charge in [0.25, 0.3) is 0 Å². The molecule has 0 saturated carbocycles. The zero-order valence-corrected chi connectivity index (χ0v) is 24.6. The van der Waals surface area contributed by atoms with Crippen LogP contribution in [0.2, 0.25) is 0 Å². The van der Waals surface area contributed by atoms with E-state index >= 15 is 0 Å². The van der Waals surface area contributed by atoms with Crippen LogP contribution in [0.5, 0.6) is 5.75 Å². The molecule has 5 N–H and O–H groups in total. The van der Waals surface area contributed by atoms with Crippen molar-refractivity contribution in [2.75, 3.05) is 12.3 Å². The Hall–Kier alpha value is -4.27. The first-order chi connectivity index (χ1) is 21.0. The summed E-state index contributed by atoms with van der Waals surface area (Å²) >= 11 is 0. The van der Waals surface area contributed by atoms with Crippen molar-refractivity contribution < 1.29 is 38.1 Å². The number of para-hydroxylation sites is 1. The summed E-state index contributed by atoms with van der Waals surface area (Å²) in [5.74, 6) is -1.25. The van der Waals surface area contributed by atoms with Crippen molar-refractivity contribution in [2.45, 2.75) is 50.7 Å². The smallest absolute Gasteiger partial charge is 0.459 e. The topological polar surface area (TPSA) is 233 Å². The van der Waals surface area contributed by atoms with E-state index < -0.39 is 62.1 Å². The summed E-state index contributed by atoms with van der Waals surface area (Å²) in [4.78, 5) is 31.8. The SMILES string of the molecule is CC(C)[C@H](NP(=O)(OCC1(N=[N+]=[N-])O[C@@H](n2ccc(N)nc2=O)[C@H](O)[C@@H]1O)Oc1ccccc1)C(=O)OCc1ccccc1. The second kappa shape index (κ2) is 14.0. The Balaban J connectivity index is 1.61. The van der Waals surface area contributed by atoms with Gasteiger partial charge in [0.15, 0.2) is 6.23 Å². The fourth-order valence-corrected chi connectivity index (χ4v) is 5.95. The number of benzene rings is 2. The van der Waals surface area contributed by atoms with Crippen LogP contribution in [0, 0.1) is 5.92 Å². The lowest BCUT2D eigenvalue weighted by atomic mass is 10.1. The lowest BCUT2D eigenvalue weighted by Gasteiger charge is -2.31. The molecule has 1 fully saturated rings. The minimum atomic E-state index is -4.58. The van der Waals surface area contributed by atoms with Gasteiger partial charge in [-0.25, -0.2) is 9.36 Å². The number of aliphatic hydroxyl groups is 2. The van der Waals surface area contributed by atoms with E-state index in [2.05, 4.69) is 20.1 Å². The second-order valence-electron chi connectivity index (χ2n) is 10.1. The van der Waals surface area contributed by atoms with Gasteiger partial charge in [-0.15, -0.1) is 0 Å². The molecular weight excluding hydrogens is 597 g/mol. The largest absolute Gasteiger partial charge is 0.460 e. The van der Waals surface area contributed by atoms with Crippen molar-refractivity contribution in [3.63, 3.8) is 0 Å². The Kier molecular flexibility index (Phi) is 10.4. The standard InChI is InChI=1S/C27H32N7O9P/c1-17(2)21(25(37)40-15-18-9-5-3-6-10-18)31-44(39,43-19-11-7-4-8-12-19)41-16-27(32-33-29)23(36)22(35)24(42-27)34-14-13-20(28)30-26(34)38/h3-14,17,21-24,35-36H,15-16H2,1-2H3,(H,31,39)(H2,28,30,38)/t21-,22+,23-,24+,27?,44?/m0/s1. The summed E-state index contributed by atoms with van der Waals surface area (Å²) < 4.78 is 37.5. The number of azide groups is 1. The van der Waals surface area contributed by atoms with Crippen LogP contribution in [-0.2, 0) is 30.0 Å². The third-order valence-corrected chi connectivity index (χ3v) is 8.11. The van der Waals surface area contributed by atoms with Crippen molar-refractivity contribution in [1.82, 2.24) is 14.6 Å². The highest BCUT2D eigenvalue weighted by molar-refractivity contribution is 7.52. The number of nitrogen functional groups attached to an aromatic ring is 1. The summed E-state index contributed by atoms with van der Waals surface area (Å²) in [6, 6.07) is 16.9. The number of anilines is 1. The molecule has 1 aliphatic rings. The summed E-state index contributed by atoms with van der Waals surface area (Å²) in [5.41, 5.74) is 12.2. The van der Waals surface area contributed by atoms with E-state index in [1.165, 1.54) is 18.2 Å². The fourth-order valence-electron chi connectivity index (χ4n) is 4.27. The molecule has 1 saturated heterocycles. The Morgan fingerprint density at radius 2 is 1.86 bits per heavy atom. The lowest BCUT2D eigenvalue weighted by Crippen LogP contribution is -2.46. The number of nitrogens with one attached hydrogen (secondary N) is 1. The van der Waals surface area contributed by atoms with Crippen LogP contribution in [0.25, 0.3) is 10.4 Å². The maximum absolute atomic E-state index is 14.2. The third kappa shape index (κ3) is 7.62. The second-order valence-corrected chi connectivity index (χ2v) is 11.8. The van der Waals surface area contributed by atoms with Gasteiger partial charge in [0.2, 0.25) is 5.72 Å². The van der Waals surface area contributed by atoms with Crippen molar-refractivity contribution in [3.8, 4) is 5.75 Å². The molecule has 2 heterocycles. The number of hydrogen-bond donors (Lipinski definition) is 4. The molecule has 234 valence electrons. The number of hydrogen-bond acceptors (Lipinski definition) is 12. The Morgan fingerprint density at radius 3 is 2.48 bits per heavy atom. The van der Waals surface area contributed by atoms with Gasteiger partial charge in [0.1, 0.15) is 36.4 Å². The minimum absolute atomic E-state index is 0.0477. The van der Waals surface area contributed by atoms with Crippen LogP contribution in [0.15, 0.2) is 82.8 Å². The van der Waals surface area contributed by atoms with E-state index in [0.717, 1.165) is 16.3 Å². The van der Waals surface area contributed by atoms with Gasteiger partial charge < -0.3 is 29.9 Å². The normalized spacial score (nSPS) is 23.3. The molecule has 16 nitrogen and oxygen atoms in total. The van der Waals surface area contributed by atoms with Crippen LogP contribution in [0.3, 0.4) is 0 Å². The Labute approximate surface area is 251 Å². The molecule has 0 radical (unpaired) electrons. The highest BCUT2D eigenvalue weighted by atomic mass is 31.2. The van der Waals surface area contributed by atoms with Gasteiger partial charge in [0, 0.05) is 11.1 Å². The Bertz CT molecular complexity index is 1590. The van der Waals surface area contributed by atoms with Crippen molar-refractivity contribution in [1.29, 1.82) is 0 Å². The molecule has 4 rings (SSSR count). The van der Waals surface area contributed by atoms with Gasteiger partial charge >= 0.3 is 19.4 Å². The molecule has 0 aliphatic carbocycles. The van der Waals surface area contributed by atoms with E-state index in [1.807, 2.05) is 6.07 Å². The van der Waals surface area contributed by atoms with Crippen LogP contribution < -0.4 is 21.0 Å². The molecule has 17 heteroatoms. The van der Waals surface area contributed by atoms with Gasteiger partial charge in [-0.05, 0) is 35.2 Å². The lowest BCUT2D eigenvalue weighted by molar-refractivity contribution is -0.148. The first-order valence-corrected chi connectivity index (χ1v) is 14.9. The minimum Gasteiger partial charge on any atom is -0.460 e. The number of esters is 1. The van der Waals surface area contributed by atoms with Crippen LogP contribution in [0.4, 0.5) is 5.82 Å². The van der Waals surface area contributed by atoms with E-state index in [1.54, 1.807) is 56.3 Å². The van der Waals surface area contributed by atoms with Crippen LogP contribution >= 0.6 is 7.75 Å². The summed E-state index contributed by atoms with van der Waals surface area (Å²) in [5, 5.41) is 27.8. The molecule has 0 bridgehead atoms. The predicted octanol–water partition coefficient (Wildman–Crippen LogP) is 2.64. The third-order valence-electron chi connectivity index (χ3n) is 6.59. The maximum atomic E-state index is 14.2. The highest BCUT2D eigenvalue weighted by Gasteiger charge is 2.56. The molecule has 3 aromatic rings. The molecular formula is C27H32N7O9P. The molecule has 2 aromatic carbocycles. The van der Waals surface area contributed by atoms with E-state index in [4.69, 9.17) is 24.3 Å². The summed E-state index contributed by atoms with van der Waals surface area (Å²) in [6.07, 6.45) is -4.24. The van der Waals surface area contributed by atoms with Crippen LogP contribution in [0.1, 0.15) is 25.6 Å². The van der Waals surface area contributed by atoms with Gasteiger partial charge in [-0.1, -0.05) is 67.5 Å². The van der Waals surface area contributed by atoms with Gasteiger partial charge in [-0.2, -0.15) is 10.1 Å². The number of nitrogens with zero attached hydrogens (tertiary/aromatic N) is 5. The molecule has 44 heavy (non-hydrogen) atoms. The molecule has 6 atom stereocenters. The van der Waals surface area contributed by atoms with Gasteiger partial charge in [-0.3, -0.25) is 13.9 Å². The Morgan fingerprint density at radius 1 is 1.20 bits per heavy atom. The number of rotatable bonds is 13. The molecule has 1 aromatic heterocycles. The molecule has 2 unspecified atom stereocenters. The number of ether oxygens (including phenoxy) is 2. The quantitative estimate of drug-likeness (QED) is 0.0702. The fraction of sp³-hybridized carbons (Fsp3) is 0.370. The van der Waals surface area contributed by atoms with E-state index in [9.17, 15) is 29.9 Å². The highest BCUT2D eigenvalue weighted by Crippen LogP contribution is 2.48. The molecule has 0 spiro atoms. The van der Waals surface area contributed by atoms with E-state index in [0.29, 0.717) is 0 Å². The number of carbonyl (C=O) groups is 1. The molecule has 1 aliphatic heterocycles. The average molecular weight is 630 g/mol. The van der Waals surface area contributed by atoms with Crippen molar-refractivity contribution >= 4 is 19.5 Å². The zero-order valence-electron chi connectivity index (χ0n) is 23.7. The predicted molar refractivity (Wildman–Crippen MR) is 156 cm³/mol. The summed E-state index contributed by atoms with van der Waals surface area (Å²) in [6.45, 7) is 2.36. The van der Waals surface area contributed by atoms with Crippen LogP contribution in [-0.4, -0.2) is 56.3 Å². The van der Waals surface area contributed by atoms with Crippen molar-refractivity contribution in [3.05, 3.63) is 99.4 Å². The van der Waals surface area contributed by atoms with Crippen molar-refractivity contribution in [2.24, 2.45) is 11.0 Å². The number of aromatic nitrogens is 2. The summed E-state index contributed by atoms with van der Waals surface area (Å²) in [7, 11) is -4.58. The first-order valence-electron chi connectivity index (χ1n) is 13.4.